The third kappa shape index (κ3) is 5.05. The van der Waals surface area contributed by atoms with Crippen molar-refractivity contribution < 1.29 is 5.11 Å². The number of H-pyrrole nitrogens is 1. The standard InChI is InChI=1S/C25H29Cl2N7O/c1-15(20-5-4-18(26)9-22(20)27)29-23-21-10-19(11-28)30-24(21)32-25(31-23)34-13-17(14-34)16-3-2-6-33(12-16)7-8-35/h4-5,9-10,15-17,35H,2-3,6-8,12-14H2,1H3,(H2,29,30,31,32)/t15-,16-/m0/s1. The number of likely N-dealkylation sites (tertiary alicyclic amines) is 1. The number of nitrogens with zero attached hydrogens (tertiary/aromatic N) is 5. The Balaban J connectivity index is 1.36. The molecule has 0 radical (unpaired) electrons. The molecule has 0 unspecified atom stereocenters. The van der Waals surface area contributed by atoms with E-state index in [-0.39, 0.29) is 12.6 Å². The van der Waals surface area contributed by atoms with Gasteiger partial charge >= 0.3 is 0 Å². The van der Waals surface area contributed by atoms with Crippen LogP contribution in [-0.2, 0) is 0 Å². The van der Waals surface area contributed by atoms with Crippen LogP contribution in [0.3, 0.4) is 0 Å². The Morgan fingerprint density at radius 2 is 2.06 bits per heavy atom. The van der Waals surface area contributed by atoms with E-state index in [0.717, 1.165) is 43.7 Å². The molecule has 1 aromatic carbocycles. The van der Waals surface area contributed by atoms with Crippen molar-refractivity contribution in [1.29, 1.82) is 5.26 Å². The summed E-state index contributed by atoms with van der Waals surface area (Å²) < 4.78 is 0. The summed E-state index contributed by atoms with van der Waals surface area (Å²) >= 11 is 12.5. The molecule has 2 aliphatic rings. The summed E-state index contributed by atoms with van der Waals surface area (Å²) in [6.45, 7) is 6.93. The van der Waals surface area contributed by atoms with Crippen molar-refractivity contribution in [3.63, 3.8) is 0 Å². The molecule has 2 atom stereocenters. The van der Waals surface area contributed by atoms with Gasteiger partial charge in [0.15, 0.2) is 0 Å². The number of hydrogen-bond acceptors (Lipinski definition) is 7. The van der Waals surface area contributed by atoms with E-state index in [0.29, 0.717) is 45.0 Å². The Morgan fingerprint density at radius 1 is 1.23 bits per heavy atom. The number of nitrogens with one attached hydrogen (secondary N) is 2. The molecule has 4 heterocycles. The average Bonchev–Trinajstić information content (AvgIpc) is 3.22. The Kier molecular flexibility index (Phi) is 7.03. The van der Waals surface area contributed by atoms with Gasteiger partial charge in [0.25, 0.3) is 0 Å². The van der Waals surface area contributed by atoms with Crippen LogP contribution in [0.5, 0.6) is 0 Å². The summed E-state index contributed by atoms with van der Waals surface area (Å²) in [7, 11) is 0. The fourth-order valence-electron chi connectivity index (χ4n) is 5.24. The number of halogens is 2. The van der Waals surface area contributed by atoms with E-state index in [9.17, 15) is 10.4 Å². The van der Waals surface area contributed by atoms with Crippen molar-refractivity contribution in [2.24, 2.45) is 11.8 Å². The molecule has 3 N–H and O–H groups in total. The monoisotopic (exact) mass is 513 g/mol. The molecule has 35 heavy (non-hydrogen) atoms. The van der Waals surface area contributed by atoms with Crippen LogP contribution in [0, 0.1) is 23.2 Å². The van der Waals surface area contributed by atoms with Gasteiger partial charge in [-0.15, -0.1) is 0 Å². The van der Waals surface area contributed by atoms with Crippen LogP contribution < -0.4 is 10.2 Å². The highest BCUT2D eigenvalue weighted by Gasteiger charge is 2.37. The minimum atomic E-state index is -0.130. The molecule has 2 aromatic heterocycles. The number of fused-ring (bicyclic) bond motifs is 1. The second kappa shape index (κ2) is 10.2. The van der Waals surface area contributed by atoms with Crippen LogP contribution in [-0.4, -0.2) is 64.3 Å². The number of β-amino-alcohol motifs (C(OH)–C–C–N with tert-alkyl or cyclic N) is 1. The zero-order valence-corrected chi connectivity index (χ0v) is 21.1. The zero-order valence-electron chi connectivity index (χ0n) is 19.6. The van der Waals surface area contributed by atoms with Gasteiger partial charge < -0.3 is 25.2 Å². The minimum absolute atomic E-state index is 0.130. The number of aromatic amines is 1. The second-order valence-electron chi connectivity index (χ2n) is 9.55. The third-order valence-corrected chi connectivity index (χ3v) is 7.76. The van der Waals surface area contributed by atoms with Crippen molar-refractivity contribution in [3.8, 4) is 6.07 Å². The first-order valence-corrected chi connectivity index (χ1v) is 12.8. The fraction of sp³-hybridized carbons (Fsp3) is 0.480. The van der Waals surface area contributed by atoms with Crippen LogP contribution in [0.4, 0.5) is 11.8 Å². The first-order chi connectivity index (χ1) is 16.9. The lowest BCUT2D eigenvalue weighted by molar-refractivity contribution is 0.101. The van der Waals surface area contributed by atoms with Crippen LogP contribution in [0.15, 0.2) is 24.3 Å². The summed E-state index contributed by atoms with van der Waals surface area (Å²) in [5.41, 5.74) is 1.99. The van der Waals surface area contributed by atoms with E-state index < -0.39 is 0 Å². The maximum atomic E-state index is 9.42. The maximum Gasteiger partial charge on any atom is 0.229 e. The lowest BCUT2D eigenvalue weighted by Gasteiger charge is -2.46. The quantitative estimate of drug-likeness (QED) is 0.428. The molecule has 0 amide bonds. The number of piperidine rings is 1. The fourth-order valence-corrected chi connectivity index (χ4v) is 5.81. The van der Waals surface area contributed by atoms with E-state index >= 15 is 0 Å². The molecule has 8 nitrogen and oxygen atoms in total. The van der Waals surface area contributed by atoms with E-state index in [1.807, 2.05) is 19.1 Å². The zero-order chi connectivity index (χ0) is 24.5. The van der Waals surface area contributed by atoms with Crippen molar-refractivity contribution in [2.75, 3.05) is 49.5 Å². The van der Waals surface area contributed by atoms with Gasteiger partial charge in [0, 0.05) is 36.2 Å². The predicted octanol–water partition coefficient (Wildman–Crippen LogP) is 4.45. The van der Waals surface area contributed by atoms with Crippen LogP contribution >= 0.6 is 23.2 Å². The number of rotatable bonds is 7. The van der Waals surface area contributed by atoms with Gasteiger partial charge in [-0.2, -0.15) is 15.2 Å². The largest absolute Gasteiger partial charge is 0.395 e. The molecule has 5 rings (SSSR count). The predicted molar refractivity (Wildman–Crippen MR) is 139 cm³/mol. The maximum absolute atomic E-state index is 9.42. The summed E-state index contributed by atoms with van der Waals surface area (Å²) in [6, 6.07) is 9.26. The summed E-state index contributed by atoms with van der Waals surface area (Å²) in [6.07, 6.45) is 2.41. The number of benzene rings is 1. The van der Waals surface area contributed by atoms with Gasteiger partial charge in [-0.25, -0.2) is 0 Å². The number of aromatic nitrogens is 3. The van der Waals surface area contributed by atoms with Gasteiger partial charge in [0.05, 0.1) is 18.0 Å². The summed E-state index contributed by atoms with van der Waals surface area (Å²) in [5.74, 6) is 2.55. The van der Waals surface area contributed by atoms with Crippen molar-refractivity contribution in [3.05, 3.63) is 45.6 Å². The highest BCUT2D eigenvalue weighted by Crippen LogP contribution is 2.35. The first-order valence-electron chi connectivity index (χ1n) is 12.1. The Morgan fingerprint density at radius 3 is 2.80 bits per heavy atom. The van der Waals surface area contributed by atoms with E-state index in [2.05, 4.69) is 26.2 Å². The van der Waals surface area contributed by atoms with Crippen LogP contribution in [0.25, 0.3) is 11.0 Å². The lowest BCUT2D eigenvalue weighted by atomic mass is 9.81. The molecule has 2 aliphatic heterocycles. The Bertz CT molecular complexity index is 1250. The lowest BCUT2D eigenvalue weighted by Crippen LogP contribution is -2.54. The van der Waals surface area contributed by atoms with Gasteiger partial charge in [-0.3, -0.25) is 0 Å². The number of hydrogen-bond donors (Lipinski definition) is 3. The molecular weight excluding hydrogens is 485 g/mol. The van der Waals surface area contributed by atoms with Crippen molar-refractivity contribution >= 4 is 46.0 Å². The topological polar surface area (TPSA) is 104 Å². The molecule has 10 heteroatoms. The van der Waals surface area contributed by atoms with Gasteiger partial charge in [-0.05, 0) is 61.9 Å². The minimum Gasteiger partial charge on any atom is -0.395 e. The molecular formula is C25H29Cl2N7O. The molecule has 0 saturated carbocycles. The number of aliphatic hydroxyl groups is 1. The molecule has 184 valence electrons. The number of aliphatic hydroxyl groups excluding tert-OH is 1. The number of nitriles is 1. The Hall–Kier alpha value is -2.57. The smallest absolute Gasteiger partial charge is 0.229 e. The normalized spacial score (nSPS) is 20.0. The average molecular weight is 514 g/mol. The second-order valence-corrected chi connectivity index (χ2v) is 10.4. The molecule has 0 spiro atoms. The van der Waals surface area contributed by atoms with Gasteiger partial charge in [0.1, 0.15) is 23.2 Å². The van der Waals surface area contributed by atoms with E-state index in [1.165, 1.54) is 12.8 Å². The van der Waals surface area contributed by atoms with Gasteiger partial charge in [0.2, 0.25) is 5.95 Å². The van der Waals surface area contributed by atoms with E-state index in [4.69, 9.17) is 33.2 Å². The summed E-state index contributed by atoms with van der Waals surface area (Å²) in [5, 5.41) is 24.1. The van der Waals surface area contributed by atoms with Crippen molar-refractivity contribution in [2.45, 2.75) is 25.8 Å². The van der Waals surface area contributed by atoms with Crippen LogP contribution in [0.2, 0.25) is 10.0 Å². The molecule has 2 saturated heterocycles. The summed E-state index contributed by atoms with van der Waals surface area (Å²) in [4.78, 5) is 17.3. The molecule has 2 fully saturated rings. The Labute approximate surface area is 214 Å². The highest BCUT2D eigenvalue weighted by atomic mass is 35.5. The van der Waals surface area contributed by atoms with Crippen molar-refractivity contribution in [1.82, 2.24) is 19.9 Å². The third-order valence-electron chi connectivity index (χ3n) is 7.20. The molecule has 3 aromatic rings. The first kappa shape index (κ1) is 24.1. The molecule has 0 aliphatic carbocycles. The van der Waals surface area contributed by atoms with E-state index in [1.54, 1.807) is 12.1 Å². The SMILES string of the molecule is C[C@H](Nc1nc(N2CC([C@H]3CCCN(CCO)C3)C2)nc2[nH]c(C#N)cc12)c1ccc(Cl)cc1Cl. The molecule has 0 bridgehead atoms. The number of anilines is 2. The highest BCUT2D eigenvalue weighted by molar-refractivity contribution is 6.35. The van der Waals surface area contributed by atoms with Gasteiger partial charge in [-0.1, -0.05) is 29.3 Å². The van der Waals surface area contributed by atoms with Crippen LogP contribution in [0.1, 0.15) is 37.1 Å².